The van der Waals surface area contributed by atoms with Gasteiger partial charge >= 0.3 is 5.97 Å². The van der Waals surface area contributed by atoms with Crippen molar-refractivity contribution in [2.75, 3.05) is 6.61 Å². The number of carbonyl (C=O) groups is 1. The Labute approximate surface area is 116 Å². The maximum atomic E-state index is 12.1. The Balaban J connectivity index is 2.21. The number of esters is 1. The Morgan fingerprint density at radius 1 is 1.30 bits per heavy atom. The smallest absolute Gasteiger partial charge is 0.330 e. The predicted octanol–water partition coefficient (Wildman–Crippen LogP) is 0.543. The van der Waals surface area contributed by atoms with E-state index in [1.807, 2.05) is 6.92 Å². The maximum absolute atomic E-state index is 12.1. The molecule has 0 unspecified atom stereocenters. The summed E-state index contributed by atoms with van der Waals surface area (Å²) in [6.07, 6.45) is 0.261. The summed E-state index contributed by atoms with van der Waals surface area (Å²) in [7, 11) is -3.99. The van der Waals surface area contributed by atoms with Crippen LogP contribution in [0.1, 0.15) is 5.56 Å². The van der Waals surface area contributed by atoms with E-state index in [2.05, 4.69) is 0 Å². The quantitative estimate of drug-likeness (QED) is 0.644. The van der Waals surface area contributed by atoms with E-state index in [-0.39, 0.29) is 4.90 Å². The monoisotopic (exact) mass is 298 g/mol. The van der Waals surface area contributed by atoms with Gasteiger partial charge in [0.2, 0.25) is 0 Å². The largest absolute Gasteiger partial charge is 0.454 e. The van der Waals surface area contributed by atoms with Crippen LogP contribution in [-0.2, 0) is 23.8 Å². The lowest BCUT2D eigenvalue weighted by atomic mass is 10.1. The minimum Gasteiger partial charge on any atom is -0.454 e. The Kier molecular flexibility index (Phi) is 4.22. The minimum absolute atomic E-state index is 0.00471. The van der Waals surface area contributed by atoms with Crippen LogP contribution < -0.4 is 0 Å². The molecule has 0 radical (unpaired) electrons. The Morgan fingerprint density at radius 3 is 2.55 bits per heavy atom. The predicted molar refractivity (Wildman–Crippen MR) is 69.3 cm³/mol. The molecule has 0 spiro atoms. The molecule has 108 valence electrons. The number of aryl methyl sites for hydroxylation is 1. The Bertz CT molecular complexity index is 617. The highest BCUT2D eigenvalue weighted by atomic mass is 32.2. The van der Waals surface area contributed by atoms with E-state index in [9.17, 15) is 13.2 Å². The summed E-state index contributed by atoms with van der Waals surface area (Å²) in [5.74, 6) is -0.642. The third kappa shape index (κ3) is 3.24. The highest BCUT2D eigenvalue weighted by Crippen LogP contribution is 2.20. The highest BCUT2D eigenvalue weighted by molar-refractivity contribution is 7.86. The molecule has 1 aromatic rings. The van der Waals surface area contributed by atoms with Crippen molar-refractivity contribution < 1.29 is 27.2 Å². The van der Waals surface area contributed by atoms with Gasteiger partial charge in [-0.15, -0.1) is 0 Å². The standard InChI is InChI=1S/C13H14O6S/c1-9-2-4-10(5-3-9)20(16,17)19-11-6-7-13(15)18-12(11)8-14/h2-7,11-12,14H,8H2,1H3/t11-,12+/m0/s1. The lowest BCUT2D eigenvalue weighted by Crippen LogP contribution is -2.39. The minimum atomic E-state index is -3.99. The molecule has 0 fully saturated rings. The van der Waals surface area contributed by atoms with Crippen LogP contribution in [-0.4, -0.2) is 38.3 Å². The summed E-state index contributed by atoms with van der Waals surface area (Å²) in [5.41, 5.74) is 0.920. The SMILES string of the molecule is Cc1ccc(S(=O)(=O)O[C@H]2C=CC(=O)O[C@@H]2CO)cc1. The zero-order valence-corrected chi connectivity index (χ0v) is 11.5. The number of hydrogen-bond donors (Lipinski definition) is 1. The number of aliphatic hydroxyl groups excluding tert-OH is 1. The molecule has 1 aliphatic heterocycles. The molecular weight excluding hydrogens is 284 g/mol. The molecule has 0 saturated heterocycles. The molecule has 0 bridgehead atoms. The zero-order chi connectivity index (χ0) is 14.8. The lowest BCUT2D eigenvalue weighted by molar-refractivity contribution is -0.151. The Hall–Kier alpha value is -1.70. The number of hydrogen-bond acceptors (Lipinski definition) is 6. The summed E-state index contributed by atoms with van der Waals surface area (Å²) in [6, 6.07) is 6.15. The summed E-state index contributed by atoms with van der Waals surface area (Å²) >= 11 is 0. The van der Waals surface area contributed by atoms with Gasteiger partial charge in [-0.25, -0.2) is 4.79 Å². The number of rotatable bonds is 4. The van der Waals surface area contributed by atoms with Crippen molar-refractivity contribution in [3.05, 3.63) is 42.0 Å². The van der Waals surface area contributed by atoms with Gasteiger partial charge in [0.15, 0.2) is 6.10 Å². The molecule has 2 atom stereocenters. The summed E-state index contributed by atoms with van der Waals surface area (Å²) < 4.78 is 33.9. The van der Waals surface area contributed by atoms with Crippen LogP contribution in [0.2, 0.25) is 0 Å². The molecule has 0 saturated carbocycles. The van der Waals surface area contributed by atoms with Crippen molar-refractivity contribution in [1.82, 2.24) is 0 Å². The van der Waals surface area contributed by atoms with Crippen molar-refractivity contribution in [3.63, 3.8) is 0 Å². The second kappa shape index (κ2) is 5.74. The third-order valence-corrected chi connectivity index (χ3v) is 4.11. The van der Waals surface area contributed by atoms with Crippen LogP contribution in [0.25, 0.3) is 0 Å². The number of aliphatic hydroxyl groups is 1. The lowest BCUT2D eigenvalue weighted by Gasteiger charge is -2.25. The number of ether oxygens (including phenoxy) is 1. The normalized spacial score (nSPS) is 22.6. The number of cyclic esters (lactones) is 1. The van der Waals surface area contributed by atoms with E-state index in [1.54, 1.807) is 12.1 Å². The highest BCUT2D eigenvalue weighted by Gasteiger charge is 2.31. The van der Waals surface area contributed by atoms with Crippen molar-refractivity contribution >= 4 is 16.1 Å². The first-order chi connectivity index (χ1) is 9.42. The first kappa shape index (κ1) is 14.7. The van der Waals surface area contributed by atoms with E-state index < -0.39 is 34.9 Å². The van der Waals surface area contributed by atoms with Gasteiger partial charge in [0.1, 0.15) is 6.10 Å². The average molecular weight is 298 g/mol. The fraction of sp³-hybridized carbons (Fsp3) is 0.308. The Morgan fingerprint density at radius 2 is 1.95 bits per heavy atom. The second-order valence-corrected chi connectivity index (χ2v) is 5.92. The first-order valence-corrected chi connectivity index (χ1v) is 7.33. The molecular formula is C13H14O6S. The fourth-order valence-electron chi connectivity index (χ4n) is 1.69. The summed E-state index contributed by atoms with van der Waals surface area (Å²) in [5, 5.41) is 9.10. The van der Waals surface area contributed by atoms with Crippen LogP contribution in [0.4, 0.5) is 0 Å². The van der Waals surface area contributed by atoms with Crippen molar-refractivity contribution in [1.29, 1.82) is 0 Å². The molecule has 7 heteroatoms. The summed E-state index contributed by atoms with van der Waals surface area (Å²) in [6.45, 7) is 1.31. The van der Waals surface area contributed by atoms with E-state index in [0.29, 0.717) is 0 Å². The molecule has 1 N–H and O–H groups in total. The number of benzene rings is 1. The van der Waals surface area contributed by atoms with Gasteiger partial charge in [-0.3, -0.25) is 4.18 Å². The van der Waals surface area contributed by atoms with Gasteiger partial charge < -0.3 is 9.84 Å². The topological polar surface area (TPSA) is 89.9 Å². The van der Waals surface area contributed by atoms with Crippen LogP contribution in [0.5, 0.6) is 0 Å². The molecule has 2 rings (SSSR count). The van der Waals surface area contributed by atoms with Crippen LogP contribution in [0.3, 0.4) is 0 Å². The van der Waals surface area contributed by atoms with Crippen LogP contribution >= 0.6 is 0 Å². The molecule has 1 aliphatic rings. The van der Waals surface area contributed by atoms with Gasteiger partial charge in [0.25, 0.3) is 10.1 Å². The van der Waals surface area contributed by atoms with Gasteiger partial charge in [-0.2, -0.15) is 8.42 Å². The average Bonchev–Trinajstić information content (AvgIpc) is 2.41. The van der Waals surface area contributed by atoms with Gasteiger partial charge in [-0.1, -0.05) is 17.7 Å². The molecule has 0 aromatic heterocycles. The fourth-order valence-corrected chi connectivity index (χ4v) is 2.76. The van der Waals surface area contributed by atoms with E-state index >= 15 is 0 Å². The van der Waals surface area contributed by atoms with E-state index in [1.165, 1.54) is 18.2 Å². The second-order valence-electron chi connectivity index (χ2n) is 4.35. The van der Waals surface area contributed by atoms with Crippen molar-refractivity contribution in [2.45, 2.75) is 24.0 Å². The molecule has 0 amide bonds. The van der Waals surface area contributed by atoms with E-state index in [0.717, 1.165) is 11.6 Å². The van der Waals surface area contributed by atoms with Crippen molar-refractivity contribution in [3.8, 4) is 0 Å². The third-order valence-electron chi connectivity index (χ3n) is 2.78. The van der Waals surface area contributed by atoms with Gasteiger partial charge in [-0.05, 0) is 25.1 Å². The van der Waals surface area contributed by atoms with Crippen LogP contribution in [0, 0.1) is 6.92 Å². The van der Waals surface area contributed by atoms with Crippen LogP contribution in [0.15, 0.2) is 41.3 Å². The van der Waals surface area contributed by atoms with Crippen molar-refractivity contribution in [2.24, 2.45) is 0 Å². The molecule has 20 heavy (non-hydrogen) atoms. The van der Waals surface area contributed by atoms with E-state index in [4.69, 9.17) is 14.0 Å². The molecule has 6 nitrogen and oxygen atoms in total. The molecule has 0 aliphatic carbocycles. The first-order valence-electron chi connectivity index (χ1n) is 5.92. The van der Waals surface area contributed by atoms with Gasteiger partial charge in [0.05, 0.1) is 11.5 Å². The maximum Gasteiger partial charge on any atom is 0.330 e. The van der Waals surface area contributed by atoms with Gasteiger partial charge in [0, 0.05) is 6.08 Å². The summed E-state index contributed by atoms with van der Waals surface area (Å²) in [4.78, 5) is 11.0. The number of carbonyl (C=O) groups excluding carboxylic acids is 1. The molecule has 1 aromatic carbocycles. The zero-order valence-electron chi connectivity index (χ0n) is 10.7. The molecule has 1 heterocycles.